The van der Waals surface area contributed by atoms with E-state index < -0.39 is 17.7 Å². The standard InChI is InChI=1S/C23H29ClN6O4/c1-14-25-12-18-13-29(22(33)30(14)18)17-8-10-28(11-9-17)20(31)19(23(2,3)34)27-21(32)26-16-6-4-15(24)5-7-16/h4-7,12,17,19,34H,8-11,13H2,1-3H3,(H2,26,27,32). The van der Waals surface area contributed by atoms with Gasteiger partial charge in [-0.2, -0.15) is 0 Å². The van der Waals surface area contributed by atoms with E-state index in [1.165, 1.54) is 13.8 Å². The Kier molecular flexibility index (Phi) is 6.55. The number of aliphatic hydroxyl groups is 1. The zero-order chi connectivity index (χ0) is 24.6. The number of urea groups is 1. The summed E-state index contributed by atoms with van der Waals surface area (Å²) in [5.74, 6) is 0.308. The first-order valence-corrected chi connectivity index (χ1v) is 11.6. The van der Waals surface area contributed by atoms with Crippen molar-refractivity contribution in [2.75, 3.05) is 18.4 Å². The molecule has 1 saturated heterocycles. The minimum absolute atomic E-state index is 0.0117. The van der Waals surface area contributed by atoms with Crippen molar-refractivity contribution >= 4 is 35.3 Å². The fraction of sp³-hybridized carbons (Fsp3) is 0.478. The normalized spacial score (nSPS) is 17.5. The number of halogens is 1. The van der Waals surface area contributed by atoms with Gasteiger partial charge in [-0.15, -0.1) is 0 Å². The van der Waals surface area contributed by atoms with E-state index in [-0.39, 0.29) is 18.0 Å². The van der Waals surface area contributed by atoms with Gasteiger partial charge in [0.1, 0.15) is 11.9 Å². The largest absolute Gasteiger partial charge is 0.388 e. The van der Waals surface area contributed by atoms with Gasteiger partial charge in [0.2, 0.25) is 5.91 Å². The zero-order valence-electron chi connectivity index (χ0n) is 19.4. The second-order valence-corrected chi connectivity index (χ2v) is 9.73. The Labute approximate surface area is 202 Å². The number of nitrogens with one attached hydrogen (secondary N) is 2. The van der Waals surface area contributed by atoms with Crippen LogP contribution >= 0.6 is 11.6 Å². The molecule has 3 heterocycles. The first kappa shape index (κ1) is 24.0. The van der Waals surface area contributed by atoms with Crippen LogP contribution in [0.2, 0.25) is 5.02 Å². The molecule has 1 fully saturated rings. The third-order valence-corrected chi connectivity index (χ3v) is 6.58. The molecule has 10 nitrogen and oxygen atoms in total. The fourth-order valence-electron chi connectivity index (χ4n) is 4.47. The summed E-state index contributed by atoms with van der Waals surface area (Å²) >= 11 is 5.87. The third-order valence-electron chi connectivity index (χ3n) is 6.33. The highest BCUT2D eigenvalue weighted by molar-refractivity contribution is 6.30. The maximum Gasteiger partial charge on any atom is 0.330 e. The van der Waals surface area contributed by atoms with Crippen molar-refractivity contribution in [2.24, 2.45) is 0 Å². The van der Waals surface area contributed by atoms with Gasteiger partial charge >= 0.3 is 12.1 Å². The van der Waals surface area contributed by atoms with E-state index in [1.54, 1.807) is 46.9 Å². The van der Waals surface area contributed by atoms with Gasteiger partial charge in [0, 0.05) is 29.8 Å². The third kappa shape index (κ3) is 4.88. The number of carbonyl (C=O) groups excluding carboxylic acids is 3. The molecule has 0 bridgehead atoms. The van der Waals surface area contributed by atoms with Crippen LogP contribution in [0.25, 0.3) is 0 Å². The molecule has 1 aromatic heterocycles. The summed E-state index contributed by atoms with van der Waals surface area (Å²) in [7, 11) is 0. The number of hydrogen-bond acceptors (Lipinski definition) is 5. The summed E-state index contributed by atoms with van der Waals surface area (Å²) in [5.41, 5.74) is -0.0978. The molecule has 11 heteroatoms. The van der Waals surface area contributed by atoms with Crippen LogP contribution in [0.1, 0.15) is 38.2 Å². The molecular formula is C23H29ClN6O4. The lowest BCUT2D eigenvalue weighted by Gasteiger charge is -2.39. The average Bonchev–Trinajstić information content (AvgIpc) is 3.32. The van der Waals surface area contributed by atoms with Gasteiger partial charge in [0.15, 0.2) is 0 Å². The molecule has 0 spiro atoms. The summed E-state index contributed by atoms with van der Waals surface area (Å²) < 4.78 is 1.63. The minimum Gasteiger partial charge on any atom is -0.388 e. The Morgan fingerprint density at radius 2 is 1.85 bits per heavy atom. The first-order chi connectivity index (χ1) is 16.0. The number of nitrogens with zero attached hydrogens (tertiary/aromatic N) is 4. The molecule has 1 unspecified atom stereocenters. The molecule has 0 saturated carbocycles. The molecule has 3 N–H and O–H groups in total. The van der Waals surface area contributed by atoms with E-state index in [0.717, 1.165) is 5.69 Å². The van der Waals surface area contributed by atoms with Crippen LogP contribution in [0.3, 0.4) is 0 Å². The van der Waals surface area contributed by atoms with Crippen molar-refractivity contribution in [3.8, 4) is 0 Å². The van der Waals surface area contributed by atoms with Crippen LogP contribution in [0.15, 0.2) is 30.5 Å². The second kappa shape index (κ2) is 9.27. The summed E-state index contributed by atoms with van der Waals surface area (Å²) in [5, 5.41) is 16.4. The molecule has 2 aliphatic heterocycles. The SMILES string of the molecule is Cc1ncc2n1C(=O)N(C1CCN(C(=O)C(NC(=O)Nc3ccc(Cl)cc3)C(C)(C)O)CC1)C2. The number of likely N-dealkylation sites (tertiary alicyclic amines) is 1. The van der Waals surface area contributed by atoms with Gasteiger partial charge in [-0.25, -0.2) is 14.6 Å². The predicted octanol–water partition coefficient (Wildman–Crippen LogP) is 2.58. The van der Waals surface area contributed by atoms with Gasteiger partial charge < -0.3 is 25.5 Å². The van der Waals surface area contributed by atoms with Crippen molar-refractivity contribution in [2.45, 2.75) is 57.8 Å². The van der Waals surface area contributed by atoms with Crippen LogP contribution < -0.4 is 10.6 Å². The van der Waals surface area contributed by atoms with Crippen molar-refractivity contribution in [3.05, 3.63) is 47.0 Å². The van der Waals surface area contributed by atoms with Gasteiger partial charge in [-0.1, -0.05) is 11.6 Å². The number of benzene rings is 1. The molecule has 34 heavy (non-hydrogen) atoms. The van der Waals surface area contributed by atoms with Crippen LogP contribution in [-0.2, 0) is 11.3 Å². The molecule has 2 aliphatic rings. The van der Waals surface area contributed by atoms with E-state index in [4.69, 9.17) is 11.6 Å². The number of hydrogen-bond donors (Lipinski definition) is 3. The second-order valence-electron chi connectivity index (χ2n) is 9.29. The van der Waals surface area contributed by atoms with Gasteiger partial charge in [0.05, 0.1) is 24.0 Å². The minimum atomic E-state index is -1.48. The summed E-state index contributed by atoms with van der Waals surface area (Å²) in [6.45, 7) is 6.13. The van der Waals surface area contributed by atoms with Crippen molar-refractivity contribution < 1.29 is 19.5 Å². The molecule has 0 aliphatic carbocycles. The van der Waals surface area contributed by atoms with Crippen molar-refractivity contribution in [1.29, 1.82) is 0 Å². The molecular weight excluding hydrogens is 460 g/mol. The number of imidazole rings is 1. The van der Waals surface area contributed by atoms with E-state index >= 15 is 0 Å². The molecule has 2 aromatic rings. The van der Waals surface area contributed by atoms with E-state index in [0.29, 0.717) is 49.0 Å². The average molecular weight is 489 g/mol. The van der Waals surface area contributed by atoms with Gasteiger partial charge in [-0.3, -0.25) is 9.36 Å². The van der Waals surface area contributed by atoms with Gasteiger partial charge in [-0.05, 0) is 57.9 Å². The molecule has 4 amide bonds. The van der Waals surface area contributed by atoms with Crippen LogP contribution in [0, 0.1) is 6.92 Å². The lowest BCUT2D eigenvalue weighted by molar-refractivity contribution is -0.140. The summed E-state index contributed by atoms with van der Waals surface area (Å²) in [4.78, 5) is 46.2. The number of amides is 4. The molecule has 182 valence electrons. The smallest absolute Gasteiger partial charge is 0.330 e. The quantitative estimate of drug-likeness (QED) is 0.597. The van der Waals surface area contributed by atoms with Crippen LogP contribution in [-0.4, -0.2) is 73.2 Å². The number of anilines is 1. The number of fused-ring (bicyclic) bond motifs is 1. The summed E-state index contributed by atoms with van der Waals surface area (Å²) in [6.07, 6.45) is 2.95. The fourth-order valence-corrected chi connectivity index (χ4v) is 4.60. The maximum atomic E-state index is 13.3. The number of rotatable bonds is 5. The van der Waals surface area contributed by atoms with Crippen LogP contribution in [0.4, 0.5) is 15.3 Å². The van der Waals surface area contributed by atoms with E-state index in [1.807, 2.05) is 4.90 Å². The molecule has 4 rings (SSSR count). The maximum absolute atomic E-state index is 13.3. The Morgan fingerprint density at radius 3 is 2.44 bits per heavy atom. The highest BCUT2D eigenvalue weighted by Crippen LogP contribution is 2.26. The molecule has 1 aromatic carbocycles. The Balaban J connectivity index is 1.36. The topological polar surface area (TPSA) is 120 Å². The highest BCUT2D eigenvalue weighted by atomic mass is 35.5. The number of carbonyl (C=O) groups is 3. The monoisotopic (exact) mass is 488 g/mol. The predicted molar refractivity (Wildman–Crippen MR) is 127 cm³/mol. The summed E-state index contributed by atoms with van der Waals surface area (Å²) in [6, 6.07) is 4.75. The van der Waals surface area contributed by atoms with E-state index in [9.17, 15) is 19.5 Å². The molecule has 1 atom stereocenters. The zero-order valence-corrected chi connectivity index (χ0v) is 20.2. The highest BCUT2D eigenvalue weighted by Gasteiger charge is 2.41. The molecule has 0 radical (unpaired) electrons. The number of piperidine rings is 1. The first-order valence-electron chi connectivity index (χ1n) is 11.2. The Bertz CT molecular complexity index is 1090. The number of aryl methyl sites for hydroxylation is 1. The van der Waals surface area contributed by atoms with E-state index in [2.05, 4.69) is 15.6 Å². The number of aromatic nitrogens is 2. The van der Waals surface area contributed by atoms with Gasteiger partial charge in [0.25, 0.3) is 0 Å². The lowest BCUT2D eigenvalue weighted by Crippen LogP contribution is -2.60. The Hall–Kier alpha value is -3.11. The van der Waals surface area contributed by atoms with Crippen molar-refractivity contribution in [1.82, 2.24) is 24.7 Å². The lowest BCUT2D eigenvalue weighted by atomic mass is 9.95. The Morgan fingerprint density at radius 1 is 1.21 bits per heavy atom. The van der Waals surface area contributed by atoms with Crippen LogP contribution in [0.5, 0.6) is 0 Å². The van der Waals surface area contributed by atoms with Crippen molar-refractivity contribution in [3.63, 3.8) is 0 Å².